The average molecular weight is 481 g/mol. The molecule has 0 unspecified atom stereocenters. The van der Waals surface area contributed by atoms with Gasteiger partial charge in [0.2, 0.25) is 18.5 Å². The van der Waals surface area contributed by atoms with Crippen LogP contribution in [-0.4, -0.2) is 40.2 Å². The summed E-state index contributed by atoms with van der Waals surface area (Å²) in [4.78, 5) is 22.6. The summed E-state index contributed by atoms with van der Waals surface area (Å²) in [5, 5.41) is 5.17. The minimum atomic E-state index is -0.135. The number of thioether (sulfide) groups is 1. The van der Waals surface area contributed by atoms with E-state index in [1.165, 1.54) is 17.3 Å². The van der Waals surface area contributed by atoms with Crippen LogP contribution in [0.2, 0.25) is 0 Å². The summed E-state index contributed by atoms with van der Waals surface area (Å²) in [7, 11) is 1.64. The van der Waals surface area contributed by atoms with Gasteiger partial charge in [-0.2, -0.15) is 4.98 Å². The van der Waals surface area contributed by atoms with Gasteiger partial charge in [0.15, 0.2) is 16.7 Å². The van der Waals surface area contributed by atoms with Crippen molar-refractivity contribution in [2.75, 3.05) is 20.5 Å². The monoisotopic (exact) mass is 480 g/mol. The van der Waals surface area contributed by atoms with Crippen LogP contribution in [0.25, 0.3) is 22.3 Å². The molecule has 0 radical (unpaired) electrons. The van der Waals surface area contributed by atoms with Gasteiger partial charge < -0.3 is 18.7 Å². The second kappa shape index (κ2) is 9.86. The predicted octanol–water partition coefficient (Wildman–Crippen LogP) is 4.07. The Labute approximate surface area is 200 Å². The first-order valence-electron chi connectivity index (χ1n) is 11.0. The Hall–Kier alpha value is -3.37. The van der Waals surface area contributed by atoms with Crippen molar-refractivity contribution in [3.8, 4) is 22.9 Å². The molecular weight excluding hydrogens is 456 g/mol. The first-order chi connectivity index (χ1) is 16.7. The Morgan fingerprint density at radius 1 is 1.12 bits per heavy atom. The fourth-order valence-electron chi connectivity index (χ4n) is 3.71. The molecule has 2 aromatic heterocycles. The number of rotatable bonds is 9. The first kappa shape index (κ1) is 22.4. The Morgan fingerprint density at radius 2 is 1.91 bits per heavy atom. The fraction of sp³-hybridized carbons (Fsp3) is 0.333. The van der Waals surface area contributed by atoms with Crippen LogP contribution in [-0.2, 0) is 23.5 Å². The molecule has 9 nitrogen and oxygen atoms in total. The molecule has 1 aliphatic rings. The Morgan fingerprint density at radius 3 is 2.68 bits per heavy atom. The number of methoxy groups -OCH3 is 1. The smallest absolute Gasteiger partial charge is 0.262 e. The molecule has 2 aromatic carbocycles. The summed E-state index contributed by atoms with van der Waals surface area (Å²) < 4.78 is 23.2. The Bertz CT molecular complexity index is 1370. The molecule has 0 saturated heterocycles. The quantitative estimate of drug-likeness (QED) is 0.199. The van der Waals surface area contributed by atoms with E-state index in [2.05, 4.69) is 29.2 Å². The van der Waals surface area contributed by atoms with E-state index in [9.17, 15) is 4.79 Å². The minimum Gasteiger partial charge on any atom is -0.454 e. The summed E-state index contributed by atoms with van der Waals surface area (Å²) in [6.45, 7) is 3.27. The third-order valence-corrected chi connectivity index (χ3v) is 6.52. The second-order valence-corrected chi connectivity index (χ2v) is 8.71. The van der Waals surface area contributed by atoms with Gasteiger partial charge in [-0.25, -0.2) is 4.98 Å². The Balaban J connectivity index is 1.42. The molecule has 5 rings (SSSR count). The van der Waals surface area contributed by atoms with E-state index in [0.717, 1.165) is 12.0 Å². The predicted molar refractivity (Wildman–Crippen MR) is 127 cm³/mol. The first-order valence-corrected chi connectivity index (χ1v) is 12.0. The number of aryl methyl sites for hydroxylation is 1. The van der Waals surface area contributed by atoms with Crippen LogP contribution in [0.15, 0.2) is 50.9 Å². The molecule has 34 heavy (non-hydrogen) atoms. The van der Waals surface area contributed by atoms with E-state index in [4.69, 9.17) is 23.7 Å². The van der Waals surface area contributed by atoms with Gasteiger partial charge in [-0.1, -0.05) is 48.1 Å². The molecule has 0 saturated carbocycles. The molecule has 176 valence electrons. The third kappa shape index (κ3) is 4.51. The summed E-state index contributed by atoms with van der Waals surface area (Å²) in [5.74, 6) is 2.52. The zero-order chi connectivity index (χ0) is 23.5. The van der Waals surface area contributed by atoms with Crippen LogP contribution < -0.4 is 15.0 Å². The van der Waals surface area contributed by atoms with Crippen molar-refractivity contribution < 1.29 is 18.7 Å². The molecule has 0 atom stereocenters. The topological polar surface area (TPSA) is 102 Å². The number of hydrogen-bond donors (Lipinski definition) is 0. The van der Waals surface area contributed by atoms with Gasteiger partial charge in [0.25, 0.3) is 5.56 Å². The normalized spacial score (nSPS) is 12.5. The van der Waals surface area contributed by atoms with Gasteiger partial charge in [0, 0.05) is 31.9 Å². The highest BCUT2D eigenvalue weighted by atomic mass is 32.2. The summed E-state index contributed by atoms with van der Waals surface area (Å²) in [5.41, 5.74) is 2.57. The van der Waals surface area contributed by atoms with Gasteiger partial charge in [0.05, 0.1) is 16.7 Å². The summed E-state index contributed by atoms with van der Waals surface area (Å²) >= 11 is 1.38. The molecule has 4 aromatic rings. The van der Waals surface area contributed by atoms with Gasteiger partial charge in [-0.3, -0.25) is 9.36 Å². The molecule has 0 bridgehead atoms. The number of fused-ring (bicyclic) bond motifs is 2. The molecule has 0 amide bonds. The average Bonchev–Trinajstić information content (AvgIpc) is 3.53. The molecule has 3 heterocycles. The lowest BCUT2D eigenvalue weighted by molar-refractivity contribution is 0.174. The van der Waals surface area contributed by atoms with Crippen molar-refractivity contribution in [1.82, 2.24) is 19.7 Å². The van der Waals surface area contributed by atoms with Crippen molar-refractivity contribution in [3.05, 3.63) is 58.2 Å². The van der Waals surface area contributed by atoms with Crippen LogP contribution in [0.1, 0.15) is 24.8 Å². The second-order valence-electron chi connectivity index (χ2n) is 7.77. The number of benzene rings is 2. The number of nitrogens with zero attached hydrogens (tertiary/aromatic N) is 4. The van der Waals surface area contributed by atoms with E-state index in [0.29, 0.717) is 64.6 Å². The lowest BCUT2D eigenvalue weighted by Crippen LogP contribution is -2.24. The van der Waals surface area contributed by atoms with E-state index in [-0.39, 0.29) is 12.4 Å². The molecule has 0 aliphatic carbocycles. The lowest BCUT2D eigenvalue weighted by Gasteiger charge is -2.12. The van der Waals surface area contributed by atoms with E-state index in [1.54, 1.807) is 23.8 Å². The third-order valence-electron chi connectivity index (χ3n) is 5.56. The highest BCUT2D eigenvalue weighted by molar-refractivity contribution is 7.98. The molecule has 0 fully saturated rings. The molecular formula is C24H24N4O5S. The van der Waals surface area contributed by atoms with Crippen molar-refractivity contribution in [1.29, 1.82) is 0 Å². The van der Waals surface area contributed by atoms with Crippen LogP contribution in [0.5, 0.6) is 11.5 Å². The molecule has 0 spiro atoms. The molecule has 10 heteroatoms. The Kier molecular flexibility index (Phi) is 6.50. The van der Waals surface area contributed by atoms with Crippen molar-refractivity contribution in [3.63, 3.8) is 0 Å². The molecule has 0 N–H and O–H groups in total. The van der Waals surface area contributed by atoms with Crippen LogP contribution in [0.3, 0.4) is 0 Å². The van der Waals surface area contributed by atoms with Crippen molar-refractivity contribution in [2.24, 2.45) is 0 Å². The van der Waals surface area contributed by atoms with Crippen LogP contribution >= 0.6 is 11.8 Å². The van der Waals surface area contributed by atoms with Crippen molar-refractivity contribution in [2.45, 2.75) is 37.2 Å². The maximum absolute atomic E-state index is 13.3. The SMILES string of the molecule is CCc1ccc(-c2noc(CSc3nc4cc5c(cc4c(=O)n3CCCOC)OCO5)n2)cc1. The summed E-state index contributed by atoms with van der Waals surface area (Å²) in [6, 6.07) is 11.5. The van der Waals surface area contributed by atoms with Crippen LogP contribution in [0, 0.1) is 0 Å². The van der Waals surface area contributed by atoms with E-state index < -0.39 is 0 Å². The largest absolute Gasteiger partial charge is 0.454 e. The lowest BCUT2D eigenvalue weighted by atomic mass is 10.1. The van der Waals surface area contributed by atoms with Gasteiger partial charge in [0.1, 0.15) is 0 Å². The molecule has 1 aliphatic heterocycles. The van der Waals surface area contributed by atoms with E-state index >= 15 is 0 Å². The number of hydrogen-bond acceptors (Lipinski definition) is 9. The standard InChI is InChI=1S/C24H24N4O5S/c1-3-15-5-7-16(8-6-15)22-26-21(33-27-22)13-34-24-25-18-12-20-19(31-14-32-20)11-17(18)23(29)28(24)9-4-10-30-2/h5-8,11-12H,3-4,9-10,13-14H2,1-2H3. The number of aromatic nitrogens is 4. The number of ether oxygens (including phenoxy) is 3. The maximum Gasteiger partial charge on any atom is 0.262 e. The summed E-state index contributed by atoms with van der Waals surface area (Å²) in [6.07, 6.45) is 1.65. The van der Waals surface area contributed by atoms with Crippen molar-refractivity contribution >= 4 is 22.7 Å². The zero-order valence-corrected chi connectivity index (χ0v) is 19.8. The van der Waals surface area contributed by atoms with Gasteiger partial charge >= 0.3 is 0 Å². The van der Waals surface area contributed by atoms with E-state index in [1.807, 2.05) is 12.1 Å². The maximum atomic E-state index is 13.3. The zero-order valence-electron chi connectivity index (χ0n) is 18.9. The fourth-order valence-corrected chi connectivity index (χ4v) is 4.57. The minimum absolute atomic E-state index is 0.135. The van der Waals surface area contributed by atoms with Gasteiger partial charge in [-0.05, 0) is 24.5 Å². The van der Waals surface area contributed by atoms with Crippen LogP contribution in [0.4, 0.5) is 0 Å². The van der Waals surface area contributed by atoms with Gasteiger partial charge in [-0.15, -0.1) is 0 Å². The highest BCUT2D eigenvalue weighted by Gasteiger charge is 2.20. The highest BCUT2D eigenvalue weighted by Crippen LogP contribution is 2.35.